The summed E-state index contributed by atoms with van der Waals surface area (Å²) >= 11 is 6.02. The normalized spacial score (nSPS) is 14.2. The number of piperazine rings is 1. The molecule has 0 bridgehead atoms. The van der Waals surface area contributed by atoms with E-state index >= 15 is 0 Å². The molecule has 0 N–H and O–H groups in total. The van der Waals surface area contributed by atoms with Gasteiger partial charge in [-0.25, -0.2) is 0 Å². The molecule has 26 heavy (non-hydrogen) atoms. The second-order valence-electron chi connectivity index (χ2n) is 5.89. The summed E-state index contributed by atoms with van der Waals surface area (Å²) in [5.41, 5.74) is 1.03. The number of carbonyl (C=O) groups is 1. The van der Waals surface area contributed by atoms with Crippen molar-refractivity contribution in [1.82, 2.24) is 4.90 Å². The van der Waals surface area contributed by atoms with Crippen LogP contribution in [0.3, 0.4) is 0 Å². The summed E-state index contributed by atoms with van der Waals surface area (Å²) in [6, 6.07) is 13.3. The number of carbonyl (C=O) groups excluding carboxylic acids is 1. The number of benzene rings is 2. The maximum absolute atomic E-state index is 12.3. The van der Waals surface area contributed by atoms with Crippen LogP contribution < -0.4 is 9.64 Å². The fourth-order valence-electron chi connectivity index (χ4n) is 2.79. The van der Waals surface area contributed by atoms with Crippen LogP contribution in [0, 0.1) is 10.1 Å². The van der Waals surface area contributed by atoms with E-state index in [0.29, 0.717) is 23.9 Å². The standard InChI is InChI=1S/C18H18ClN3O4/c19-14-2-1-3-16(12-14)20-8-10-21(11-9-20)18(23)13-26-17-6-4-15(5-7-17)22(24)25/h1-7,12H,8-11,13H2. The second-order valence-corrected chi connectivity index (χ2v) is 6.32. The number of ether oxygens (including phenoxy) is 1. The molecule has 0 spiro atoms. The van der Waals surface area contributed by atoms with Gasteiger partial charge in [-0.2, -0.15) is 0 Å². The molecule has 2 aromatic rings. The molecule has 136 valence electrons. The zero-order valence-electron chi connectivity index (χ0n) is 14.0. The molecule has 0 radical (unpaired) electrons. The van der Waals surface area contributed by atoms with Gasteiger partial charge in [0, 0.05) is 49.0 Å². The summed E-state index contributed by atoms with van der Waals surface area (Å²) in [5.74, 6) is 0.329. The molecular formula is C18H18ClN3O4. The third-order valence-corrected chi connectivity index (χ3v) is 4.45. The summed E-state index contributed by atoms with van der Waals surface area (Å²) in [7, 11) is 0. The maximum atomic E-state index is 12.3. The zero-order valence-corrected chi connectivity index (χ0v) is 14.8. The Hall–Kier alpha value is -2.80. The lowest BCUT2D eigenvalue weighted by molar-refractivity contribution is -0.384. The van der Waals surface area contributed by atoms with Crippen molar-refractivity contribution >= 4 is 28.9 Å². The lowest BCUT2D eigenvalue weighted by Gasteiger charge is -2.36. The molecule has 7 nitrogen and oxygen atoms in total. The summed E-state index contributed by atoms with van der Waals surface area (Å²) in [6.07, 6.45) is 0. The van der Waals surface area contributed by atoms with E-state index < -0.39 is 4.92 Å². The van der Waals surface area contributed by atoms with Crippen LogP contribution >= 0.6 is 11.6 Å². The van der Waals surface area contributed by atoms with Gasteiger partial charge in [0.15, 0.2) is 6.61 Å². The average molecular weight is 376 g/mol. The van der Waals surface area contributed by atoms with Crippen LogP contribution in [0.15, 0.2) is 48.5 Å². The van der Waals surface area contributed by atoms with Gasteiger partial charge in [0.25, 0.3) is 11.6 Å². The first-order valence-electron chi connectivity index (χ1n) is 8.18. The number of nitro benzene ring substituents is 1. The molecule has 8 heteroatoms. The minimum atomic E-state index is -0.478. The first-order valence-corrected chi connectivity index (χ1v) is 8.56. The van der Waals surface area contributed by atoms with Gasteiger partial charge in [-0.15, -0.1) is 0 Å². The SMILES string of the molecule is O=C(COc1ccc([N+](=O)[O-])cc1)N1CCN(c2cccc(Cl)c2)CC1. The molecule has 0 aliphatic carbocycles. The van der Waals surface area contributed by atoms with E-state index in [9.17, 15) is 14.9 Å². The molecule has 0 unspecified atom stereocenters. The predicted octanol–water partition coefficient (Wildman–Crippen LogP) is 2.98. The van der Waals surface area contributed by atoms with E-state index in [4.69, 9.17) is 16.3 Å². The highest BCUT2D eigenvalue weighted by Gasteiger charge is 2.21. The number of anilines is 1. The third kappa shape index (κ3) is 4.43. The molecule has 1 aliphatic heterocycles. The van der Waals surface area contributed by atoms with Crippen LogP contribution in [0.4, 0.5) is 11.4 Å². The van der Waals surface area contributed by atoms with Crippen molar-refractivity contribution in [3.63, 3.8) is 0 Å². The minimum absolute atomic E-state index is 0.0131. The van der Waals surface area contributed by atoms with E-state index in [0.717, 1.165) is 18.8 Å². The molecular weight excluding hydrogens is 358 g/mol. The molecule has 3 rings (SSSR count). The Morgan fingerprint density at radius 3 is 2.42 bits per heavy atom. The van der Waals surface area contributed by atoms with Crippen LogP contribution in [0.2, 0.25) is 5.02 Å². The molecule has 1 heterocycles. The van der Waals surface area contributed by atoms with Crippen molar-refractivity contribution in [1.29, 1.82) is 0 Å². The van der Waals surface area contributed by atoms with E-state index in [1.165, 1.54) is 24.3 Å². The number of amides is 1. The summed E-state index contributed by atoms with van der Waals surface area (Å²) < 4.78 is 5.44. The number of hydrogen-bond donors (Lipinski definition) is 0. The number of halogens is 1. The third-order valence-electron chi connectivity index (χ3n) is 4.22. The highest BCUT2D eigenvalue weighted by Crippen LogP contribution is 2.21. The molecule has 1 fully saturated rings. The highest BCUT2D eigenvalue weighted by molar-refractivity contribution is 6.30. The lowest BCUT2D eigenvalue weighted by Crippen LogP contribution is -2.50. The van der Waals surface area contributed by atoms with Gasteiger partial charge in [0.05, 0.1) is 4.92 Å². The van der Waals surface area contributed by atoms with Crippen molar-refractivity contribution in [2.45, 2.75) is 0 Å². The molecule has 1 aliphatic rings. The Balaban J connectivity index is 1.48. The molecule has 1 amide bonds. The lowest BCUT2D eigenvalue weighted by atomic mass is 10.2. The van der Waals surface area contributed by atoms with Gasteiger partial charge in [0.2, 0.25) is 0 Å². The fraction of sp³-hybridized carbons (Fsp3) is 0.278. The Bertz CT molecular complexity index is 789. The smallest absolute Gasteiger partial charge is 0.269 e. The van der Waals surface area contributed by atoms with Crippen molar-refractivity contribution in [2.24, 2.45) is 0 Å². The van der Waals surface area contributed by atoms with Gasteiger partial charge in [-0.3, -0.25) is 14.9 Å². The first kappa shape index (κ1) is 18.0. The summed E-state index contributed by atoms with van der Waals surface area (Å²) in [4.78, 5) is 26.4. The quantitative estimate of drug-likeness (QED) is 0.593. The Morgan fingerprint density at radius 2 is 1.81 bits per heavy atom. The van der Waals surface area contributed by atoms with Crippen molar-refractivity contribution in [3.05, 3.63) is 63.7 Å². The molecule has 0 atom stereocenters. The van der Waals surface area contributed by atoms with Gasteiger partial charge >= 0.3 is 0 Å². The van der Waals surface area contributed by atoms with Gasteiger partial charge in [-0.05, 0) is 30.3 Å². The topological polar surface area (TPSA) is 75.9 Å². The molecule has 0 saturated carbocycles. The van der Waals surface area contributed by atoms with Crippen LogP contribution in [0.25, 0.3) is 0 Å². The van der Waals surface area contributed by atoms with E-state index in [-0.39, 0.29) is 18.2 Å². The maximum Gasteiger partial charge on any atom is 0.269 e. The predicted molar refractivity (Wildman–Crippen MR) is 98.8 cm³/mol. The van der Waals surface area contributed by atoms with Crippen molar-refractivity contribution < 1.29 is 14.5 Å². The number of hydrogen-bond acceptors (Lipinski definition) is 5. The van der Waals surface area contributed by atoms with Crippen LogP contribution in [-0.4, -0.2) is 48.5 Å². The molecule has 1 saturated heterocycles. The number of nitro groups is 1. The van der Waals surface area contributed by atoms with Crippen LogP contribution in [0.1, 0.15) is 0 Å². The molecule has 0 aromatic heterocycles. The zero-order chi connectivity index (χ0) is 18.5. The highest BCUT2D eigenvalue weighted by atomic mass is 35.5. The monoisotopic (exact) mass is 375 g/mol. The van der Waals surface area contributed by atoms with Crippen molar-refractivity contribution in [3.8, 4) is 5.75 Å². The largest absolute Gasteiger partial charge is 0.484 e. The van der Waals surface area contributed by atoms with E-state index in [1.54, 1.807) is 4.90 Å². The second kappa shape index (κ2) is 8.05. The van der Waals surface area contributed by atoms with Gasteiger partial charge in [0.1, 0.15) is 5.75 Å². The number of non-ortho nitro benzene ring substituents is 1. The van der Waals surface area contributed by atoms with Crippen LogP contribution in [0.5, 0.6) is 5.75 Å². The summed E-state index contributed by atoms with van der Waals surface area (Å²) in [5, 5.41) is 11.3. The Morgan fingerprint density at radius 1 is 1.12 bits per heavy atom. The number of rotatable bonds is 5. The van der Waals surface area contributed by atoms with E-state index in [1.807, 2.05) is 24.3 Å². The summed E-state index contributed by atoms with van der Waals surface area (Å²) in [6.45, 7) is 2.58. The average Bonchev–Trinajstić information content (AvgIpc) is 2.66. The van der Waals surface area contributed by atoms with Crippen LogP contribution in [-0.2, 0) is 4.79 Å². The Kier molecular flexibility index (Phi) is 5.58. The van der Waals surface area contributed by atoms with Gasteiger partial charge < -0.3 is 14.5 Å². The molecule has 2 aromatic carbocycles. The Labute approximate surface area is 155 Å². The number of nitrogens with zero attached hydrogens (tertiary/aromatic N) is 3. The van der Waals surface area contributed by atoms with E-state index in [2.05, 4.69) is 4.90 Å². The van der Waals surface area contributed by atoms with Gasteiger partial charge in [-0.1, -0.05) is 17.7 Å². The first-order chi connectivity index (χ1) is 12.5. The fourth-order valence-corrected chi connectivity index (χ4v) is 2.97. The minimum Gasteiger partial charge on any atom is -0.484 e. The van der Waals surface area contributed by atoms with Crippen molar-refractivity contribution in [2.75, 3.05) is 37.7 Å².